The third-order valence-corrected chi connectivity index (χ3v) is 9.68. The number of carbonyl (C=O) groups excluding carboxylic acids is 2. The first-order valence-electron chi connectivity index (χ1n) is 14.1. The molecule has 12 heteroatoms. The molecule has 1 amide bonds. The average molecular weight is 670 g/mol. The quantitative estimate of drug-likeness (QED) is 0.132. The van der Waals surface area contributed by atoms with E-state index in [0.29, 0.717) is 44.1 Å². The van der Waals surface area contributed by atoms with Gasteiger partial charge in [0.25, 0.3) is 15.9 Å². The van der Waals surface area contributed by atoms with E-state index < -0.39 is 16.0 Å². The van der Waals surface area contributed by atoms with E-state index >= 15 is 0 Å². The van der Waals surface area contributed by atoms with Crippen LogP contribution in [0.1, 0.15) is 51.6 Å². The number of rotatable bonds is 11. The molecule has 0 unspecified atom stereocenters. The van der Waals surface area contributed by atoms with Gasteiger partial charge in [-0.2, -0.15) is 0 Å². The number of fused-ring (bicyclic) bond motifs is 1. The van der Waals surface area contributed by atoms with Gasteiger partial charge in [-0.25, -0.2) is 13.2 Å². The van der Waals surface area contributed by atoms with Crippen LogP contribution in [0, 0.1) is 6.92 Å². The molecule has 0 saturated heterocycles. The van der Waals surface area contributed by atoms with Crippen molar-refractivity contribution >= 4 is 61.8 Å². The average Bonchev–Trinajstić information content (AvgIpc) is 3.65. The van der Waals surface area contributed by atoms with E-state index in [4.69, 9.17) is 36.8 Å². The summed E-state index contributed by atoms with van der Waals surface area (Å²) in [5.74, 6) is -0.437. The zero-order chi connectivity index (χ0) is 32.3. The Labute approximate surface area is 270 Å². The number of ether oxygens (including phenoxy) is 1. The van der Waals surface area contributed by atoms with Gasteiger partial charge >= 0.3 is 5.97 Å². The highest BCUT2D eigenvalue weighted by Crippen LogP contribution is 2.34. The molecule has 2 heterocycles. The van der Waals surface area contributed by atoms with Crippen LogP contribution in [-0.4, -0.2) is 38.3 Å². The van der Waals surface area contributed by atoms with Crippen molar-refractivity contribution in [3.8, 4) is 0 Å². The molecule has 0 aliphatic rings. The van der Waals surface area contributed by atoms with Crippen LogP contribution in [-0.2, 0) is 27.8 Å². The van der Waals surface area contributed by atoms with Gasteiger partial charge in [-0.15, -0.1) is 0 Å². The molecule has 0 bridgehead atoms. The number of aryl methyl sites for hydroxylation is 1. The molecule has 2 aromatic heterocycles. The minimum atomic E-state index is -4.14. The van der Waals surface area contributed by atoms with E-state index in [1.54, 1.807) is 75.4 Å². The number of sulfonamides is 1. The highest BCUT2D eigenvalue weighted by Gasteiger charge is 2.29. The molecule has 0 saturated carbocycles. The molecular formula is C33H30Cl2N2O7S. The van der Waals surface area contributed by atoms with Gasteiger partial charge in [-0.1, -0.05) is 35.3 Å². The van der Waals surface area contributed by atoms with Crippen molar-refractivity contribution in [3.05, 3.63) is 117 Å². The first-order chi connectivity index (χ1) is 21.5. The molecule has 0 spiro atoms. The van der Waals surface area contributed by atoms with Crippen molar-refractivity contribution in [2.75, 3.05) is 17.5 Å². The van der Waals surface area contributed by atoms with Crippen LogP contribution in [0.2, 0.25) is 10.0 Å². The second kappa shape index (κ2) is 13.4. The van der Waals surface area contributed by atoms with Gasteiger partial charge in [-0.3, -0.25) is 9.10 Å². The van der Waals surface area contributed by atoms with Gasteiger partial charge in [0.05, 0.1) is 40.6 Å². The number of hydrogen-bond donors (Lipinski definition) is 0. The molecule has 3 aromatic carbocycles. The lowest BCUT2D eigenvalue weighted by atomic mass is 10.1. The molecule has 45 heavy (non-hydrogen) atoms. The van der Waals surface area contributed by atoms with Crippen molar-refractivity contribution in [2.45, 2.75) is 38.8 Å². The van der Waals surface area contributed by atoms with Gasteiger partial charge in [0.2, 0.25) is 5.76 Å². The lowest BCUT2D eigenvalue weighted by molar-refractivity contribution is 0.0491. The molecule has 5 rings (SSSR count). The molecule has 0 fully saturated rings. The fraction of sp³-hybridized carbons (Fsp3) is 0.212. The summed E-state index contributed by atoms with van der Waals surface area (Å²) in [6.45, 7) is 5.42. The van der Waals surface area contributed by atoms with Crippen molar-refractivity contribution < 1.29 is 31.6 Å². The van der Waals surface area contributed by atoms with Gasteiger partial charge in [-0.05, 0) is 87.0 Å². The molecule has 0 radical (unpaired) electrons. The maximum Gasteiger partial charge on any atom is 0.374 e. The minimum absolute atomic E-state index is 0.00311. The van der Waals surface area contributed by atoms with Crippen LogP contribution < -0.4 is 4.31 Å². The Morgan fingerprint density at radius 2 is 1.71 bits per heavy atom. The smallest absolute Gasteiger partial charge is 0.374 e. The number of furan rings is 2. The molecule has 234 valence electrons. The first-order valence-corrected chi connectivity index (χ1v) is 16.3. The van der Waals surface area contributed by atoms with Crippen LogP contribution >= 0.6 is 23.2 Å². The highest BCUT2D eigenvalue weighted by molar-refractivity contribution is 7.92. The third-order valence-electron chi connectivity index (χ3n) is 7.23. The summed E-state index contributed by atoms with van der Waals surface area (Å²) in [4.78, 5) is 27.7. The number of halogens is 2. The summed E-state index contributed by atoms with van der Waals surface area (Å²) >= 11 is 12.8. The zero-order valence-electron chi connectivity index (χ0n) is 24.8. The highest BCUT2D eigenvalue weighted by atomic mass is 35.5. The Bertz CT molecular complexity index is 1970. The molecule has 0 N–H and O–H groups in total. The maximum atomic E-state index is 14.2. The number of hydrogen-bond acceptors (Lipinski definition) is 7. The normalized spacial score (nSPS) is 11.5. The van der Waals surface area contributed by atoms with E-state index in [1.165, 1.54) is 33.7 Å². The molecule has 5 aromatic rings. The van der Waals surface area contributed by atoms with Crippen molar-refractivity contribution in [1.29, 1.82) is 0 Å². The molecule has 0 aliphatic heterocycles. The molecule has 0 aliphatic carbocycles. The van der Waals surface area contributed by atoms with E-state index in [1.807, 2.05) is 0 Å². The van der Waals surface area contributed by atoms with E-state index in [9.17, 15) is 18.0 Å². The Morgan fingerprint density at radius 3 is 2.40 bits per heavy atom. The van der Waals surface area contributed by atoms with Crippen LogP contribution in [0.3, 0.4) is 0 Å². The lowest BCUT2D eigenvalue weighted by Gasteiger charge is -2.28. The number of esters is 1. The lowest BCUT2D eigenvalue weighted by Crippen LogP contribution is -2.34. The van der Waals surface area contributed by atoms with Crippen molar-refractivity contribution in [2.24, 2.45) is 0 Å². The summed E-state index contributed by atoms with van der Waals surface area (Å²) < 4.78 is 45.9. The summed E-state index contributed by atoms with van der Waals surface area (Å²) in [7, 11) is -4.14. The summed E-state index contributed by atoms with van der Waals surface area (Å²) in [5, 5.41) is 1.13. The summed E-state index contributed by atoms with van der Waals surface area (Å²) in [5.41, 5.74) is 1.96. The van der Waals surface area contributed by atoms with E-state index in [-0.39, 0.29) is 47.8 Å². The van der Waals surface area contributed by atoms with Gasteiger partial charge < -0.3 is 18.5 Å². The Kier molecular flexibility index (Phi) is 9.57. The van der Waals surface area contributed by atoms with E-state index in [0.717, 1.165) is 0 Å². The van der Waals surface area contributed by atoms with E-state index in [2.05, 4.69) is 0 Å². The Morgan fingerprint density at radius 1 is 0.933 bits per heavy atom. The zero-order valence-corrected chi connectivity index (χ0v) is 27.1. The largest absolute Gasteiger partial charge is 0.467 e. The Hall–Kier alpha value is -4.25. The van der Waals surface area contributed by atoms with Gasteiger partial charge in [0, 0.05) is 29.1 Å². The monoisotopic (exact) mass is 668 g/mol. The number of anilines is 1. The number of benzene rings is 3. The standard InChI is InChI=1S/C33H30Cl2N2O7S/c1-4-37(45(40,41)25-13-15-30-27(18-25)21(3)31(44-30)33(39)42-5-2)29-14-12-23(34)17-22(29)19-36(20-24-9-8-16-43-24)32(38)26-10-6-7-11-28(26)35/h6-18H,4-5,19-20H2,1-3H3. The Balaban J connectivity index is 1.55. The predicted molar refractivity (Wildman–Crippen MR) is 172 cm³/mol. The predicted octanol–water partition coefficient (Wildman–Crippen LogP) is 7.88. The minimum Gasteiger partial charge on any atom is -0.467 e. The number of amides is 1. The topological polar surface area (TPSA) is 110 Å². The van der Waals surface area contributed by atoms with Crippen molar-refractivity contribution in [3.63, 3.8) is 0 Å². The fourth-order valence-electron chi connectivity index (χ4n) is 5.07. The maximum absolute atomic E-state index is 14.2. The molecule has 9 nitrogen and oxygen atoms in total. The van der Waals surface area contributed by atoms with Crippen LogP contribution in [0.25, 0.3) is 11.0 Å². The van der Waals surface area contributed by atoms with Crippen molar-refractivity contribution in [1.82, 2.24) is 4.90 Å². The van der Waals surface area contributed by atoms with Crippen LogP contribution in [0.5, 0.6) is 0 Å². The van der Waals surface area contributed by atoms with Crippen LogP contribution in [0.15, 0.2) is 92.8 Å². The number of nitrogens with zero attached hydrogens (tertiary/aromatic N) is 2. The first kappa shape index (κ1) is 32.2. The van der Waals surface area contributed by atoms with Gasteiger partial charge in [0.15, 0.2) is 0 Å². The fourth-order valence-corrected chi connectivity index (χ4v) is 7.02. The molecule has 0 atom stereocenters. The second-order valence-electron chi connectivity index (χ2n) is 10.1. The summed E-state index contributed by atoms with van der Waals surface area (Å²) in [6, 6.07) is 19.4. The second-order valence-corrected chi connectivity index (χ2v) is 12.8. The van der Waals surface area contributed by atoms with Gasteiger partial charge in [0.1, 0.15) is 11.3 Å². The third kappa shape index (κ3) is 6.58. The number of carbonyl (C=O) groups is 2. The SMILES string of the molecule is CCOC(=O)c1oc2ccc(S(=O)(=O)N(CC)c3ccc(Cl)cc3CN(Cc3ccco3)C(=O)c3ccccc3Cl)cc2c1C. The summed E-state index contributed by atoms with van der Waals surface area (Å²) in [6.07, 6.45) is 1.51. The van der Waals surface area contributed by atoms with Crippen LogP contribution in [0.4, 0.5) is 5.69 Å². The molecular weight excluding hydrogens is 639 g/mol.